The molecule has 1 heterocycles. The monoisotopic (exact) mass is 239 g/mol. The molecule has 3 rings (SSSR count). The van der Waals surface area contributed by atoms with Crippen LogP contribution in [-0.4, -0.2) is 17.4 Å². The van der Waals surface area contributed by atoms with Crippen LogP contribution in [0.15, 0.2) is 24.3 Å². The van der Waals surface area contributed by atoms with Gasteiger partial charge in [0.25, 0.3) is 0 Å². The summed E-state index contributed by atoms with van der Waals surface area (Å²) in [6.07, 6.45) is 9.34. The van der Waals surface area contributed by atoms with Gasteiger partial charge in [0.05, 0.1) is 6.04 Å². The predicted octanol–water partition coefficient (Wildman–Crippen LogP) is 2.55. The average Bonchev–Trinajstić information content (AvgIpc) is 2.79. The zero-order valence-corrected chi connectivity index (χ0v) is 10.4. The molecule has 1 fully saturated rings. The van der Waals surface area contributed by atoms with Gasteiger partial charge in [-0.15, -0.1) is 12.3 Å². The molecule has 1 aliphatic carbocycles. The summed E-state index contributed by atoms with van der Waals surface area (Å²) >= 11 is 0. The van der Waals surface area contributed by atoms with Crippen molar-refractivity contribution in [3.8, 4) is 12.3 Å². The van der Waals surface area contributed by atoms with Crippen LogP contribution in [0.4, 0.5) is 0 Å². The minimum atomic E-state index is 0.103. The predicted molar refractivity (Wildman–Crippen MR) is 70.8 cm³/mol. The minimum Gasteiger partial charge on any atom is -0.334 e. The molecule has 0 radical (unpaired) electrons. The zero-order chi connectivity index (χ0) is 12.5. The Kier molecular flexibility index (Phi) is 2.83. The summed E-state index contributed by atoms with van der Waals surface area (Å²) in [7, 11) is 0. The van der Waals surface area contributed by atoms with Crippen LogP contribution in [-0.2, 0) is 11.2 Å². The zero-order valence-electron chi connectivity index (χ0n) is 10.4. The van der Waals surface area contributed by atoms with Crippen molar-refractivity contribution in [2.75, 3.05) is 6.54 Å². The van der Waals surface area contributed by atoms with Crippen LogP contribution in [0.5, 0.6) is 0 Å². The van der Waals surface area contributed by atoms with Gasteiger partial charge in [-0.3, -0.25) is 4.79 Å². The smallest absolute Gasteiger partial charge is 0.224 e. The number of likely N-dealkylation sites (tertiary alicyclic amines) is 1. The second kappa shape index (κ2) is 4.49. The third kappa shape index (κ3) is 1.80. The van der Waals surface area contributed by atoms with Gasteiger partial charge in [-0.1, -0.05) is 24.3 Å². The lowest BCUT2D eigenvalue weighted by Crippen LogP contribution is -2.32. The molecule has 18 heavy (non-hydrogen) atoms. The second-order valence-corrected chi connectivity index (χ2v) is 5.22. The number of nitrogens with zero attached hydrogens (tertiary/aromatic N) is 1. The Morgan fingerprint density at radius 3 is 2.94 bits per heavy atom. The van der Waals surface area contributed by atoms with E-state index < -0.39 is 0 Å². The molecular weight excluding hydrogens is 222 g/mol. The van der Waals surface area contributed by atoms with Crippen molar-refractivity contribution >= 4 is 5.91 Å². The summed E-state index contributed by atoms with van der Waals surface area (Å²) in [5.41, 5.74) is 2.72. The van der Waals surface area contributed by atoms with Crippen LogP contribution >= 0.6 is 0 Å². The number of aryl methyl sites for hydroxylation is 1. The first kappa shape index (κ1) is 11.3. The number of terminal acetylenes is 1. The van der Waals surface area contributed by atoms with E-state index in [-0.39, 0.29) is 17.9 Å². The Labute approximate surface area is 108 Å². The van der Waals surface area contributed by atoms with Crippen molar-refractivity contribution in [1.29, 1.82) is 0 Å². The van der Waals surface area contributed by atoms with E-state index in [1.807, 2.05) is 4.90 Å². The Balaban J connectivity index is 1.91. The molecule has 92 valence electrons. The number of benzene rings is 1. The van der Waals surface area contributed by atoms with Crippen LogP contribution in [0.2, 0.25) is 0 Å². The van der Waals surface area contributed by atoms with Crippen LogP contribution in [0.1, 0.15) is 36.4 Å². The van der Waals surface area contributed by atoms with E-state index in [1.165, 1.54) is 11.1 Å². The average molecular weight is 239 g/mol. The first-order chi connectivity index (χ1) is 8.79. The number of carbonyl (C=O) groups excluding carboxylic acids is 1. The third-order valence-electron chi connectivity index (χ3n) is 4.11. The molecule has 0 saturated carbocycles. The van der Waals surface area contributed by atoms with Gasteiger partial charge in [-0.2, -0.15) is 0 Å². The van der Waals surface area contributed by atoms with Crippen molar-refractivity contribution < 1.29 is 4.79 Å². The highest BCUT2D eigenvalue weighted by molar-refractivity contribution is 5.80. The molecule has 1 aromatic carbocycles. The number of fused-ring (bicyclic) bond motifs is 1. The quantitative estimate of drug-likeness (QED) is 0.690. The third-order valence-corrected chi connectivity index (χ3v) is 4.11. The van der Waals surface area contributed by atoms with Crippen molar-refractivity contribution in [1.82, 2.24) is 4.90 Å². The molecule has 2 atom stereocenters. The summed E-state index contributed by atoms with van der Waals surface area (Å²) in [6, 6.07) is 8.74. The summed E-state index contributed by atoms with van der Waals surface area (Å²) in [5.74, 6) is 3.05. The first-order valence-corrected chi connectivity index (χ1v) is 6.63. The fourth-order valence-corrected chi connectivity index (χ4v) is 3.20. The normalized spacial score (nSPS) is 26.8. The molecule has 0 bridgehead atoms. The summed E-state index contributed by atoms with van der Waals surface area (Å²) < 4.78 is 0. The van der Waals surface area contributed by atoms with Crippen molar-refractivity contribution in [2.24, 2.45) is 5.92 Å². The van der Waals surface area contributed by atoms with Gasteiger partial charge in [0.2, 0.25) is 5.91 Å². The maximum atomic E-state index is 12.1. The fourth-order valence-electron chi connectivity index (χ4n) is 3.20. The molecule has 0 aromatic heterocycles. The molecule has 1 unspecified atom stereocenters. The van der Waals surface area contributed by atoms with Crippen LogP contribution in [0.3, 0.4) is 0 Å². The number of carbonyl (C=O) groups is 1. The SMILES string of the molecule is C#CC1CC(=O)N([C@H]2CCCc3ccccc32)C1. The molecule has 1 amide bonds. The largest absolute Gasteiger partial charge is 0.334 e. The minimum absolute atomic E-state index is 0.103. The van der Waals surface area contributed by atoms with E-state index in [4.69, 9.17) is 6.42 Å². The lowest BCUT2D eigenvalue weighted by molar-refractivity contribution is -0.130. The molecule has 2 heteroatoms. The molecular formula is C16H17NO. The van der Waals surface area contributed by atoms with Crippen LogP contribution in [0, 0.1) is 18.3 Å². The number of hydrogen-bond donors (Lipinski definition) is 0. The van der Waals surface area contributed by atoms with E-state index in [1.54, 1.807) is 0 Å². The van der Waals surface area contributed by atoms with E-state index >= 15 is 0 Å². The topological polar surface area (TPSA) is 20.3 Å². The fraction of sp³-hybridized carbons (Fsp3) is 0.438. The standard InChI is InChI=1S/C16H17NO/c1-2-12-10-16(18)17(11-12)15-9-5-7-13-6-3-4-8-14(13)15/h1,3-4,6,8,12,15H,5,7,9-11H2/t12?,15-/m0/s1. The second-order valence-electron chi connectivity index (χ2n) is 5.22. The molecule has 1 aliphatic heterocycles. The highest BCUT2D eigenvalue weighted by atomic mass is 16.2. The van der Waals surface area contributed by atoms with Crippen molar-refractivity contribution in [3.05, 3.63) is 35.4 Å². The van der Waals surface area contributed by atoms with Gasteiger partial charge in [0, 0.05) is 18.9 Å². The van der Waals surface area contributed by atoms with Crippen LogP contribution < -0.4 is 0 Å². The lowest BCUT2D eigenvalue weighted by atomic mass is 9.87. The maximum Gasteiger partial charge on any atom is 0.224 e. The lowest BCUT2D eigenvalue weighted by Gasteiger charge is -2.33. The number of rotatable bonds is 1. The summed E-state index contributed by atoms with van der Waals surface area (Å²) in [6.45, 7) is 0.730. The summed E-state index contributed by atoms with van der Waals surface area (Å²) in [4.78, 5) is 14.1. The Bertz CT molecular complexity index is 514. The van der Waals surface area contributed by atoms with E-state index in [0.717, 1.165) is 25.8 Å². The Morgan fingerprint density at radius 2 is 2.17 bits per heavy atom. The molecule has 1 aromatic rings. The highest BCUT2D eigenvalue weighted by Gasteiger charge is 2.35. The van der Waals surface area contributed by atoms with E-state index in [9.17, 15) is 4.79 Å². The van der Waals surface area contributed by atoms with Gasteiger partial charge >= 0.3 is 0 Å². The van der Waals surface area contributed by atoms with Crippen molar-refractivity contribution in [2.45, 2.75) is 31.7 Å². The first-order valence-electron chi connectivity index (χ1n) is 6.63. The number of hydrogen-bond acceptors (Lipinski definition) is 1. The van der Waals surface area contributed by atoms with Gasteiger partial charge in [-0.25, -0.2) is 0 Å². The Hall–Kier alpha value is -1.75. The summed E-state index contributed by atoms with van der Waals surface area (Å²) in [5, 5.41) is 0. The van der Waals surface area contributed by atoms with E-state index in [0.29, 0.717) is 6.42 Å². The van der Waals surface area contributed by atoms with Gasteiger partial charge in [0.1, 0.15) is 0 Å². The maximum absolute atomic E-state index is 12.1. The molecule has 0 spiro atoms. The van der Waals surface area contributed by atoms with Gasteiger partial charge in [-0.05, 0) is 30.4 Å². The van der Waals surface area contributed by atoms with Gasteiger partial charge < -0.3 is 4.90 Å². The molecule has 0 N–H and O–H groups in total. The molecule has 2 nitrogen and oxygen atoms in total. The van der Waals surface area contributed by atoms with Gasteiger partial charge in [0.15, 0.2) is 0 Å². The Morgan fingerprint density at radius 1 is 1.33 bits per heavy atom. The van der Waals surface area contributed by atoms with Crippen molar-refractivity contribution in [3.63, 3.8) is 0 Å². The number of amides is 1. The van der Waals surface area contributed by atoms with Crippen LogP contribution in [0.25, 0.3) is 0 Å². The molecule has 1 saturated heterocycles. The molecule has 2 aliphatic rings. The highest BCUT2D eigenvalue weighted by Crippen LogP contribution is 2.37. The van der Waals surface area contributed by atoms with E-state index in [2.05, 4.69) is 30.2 Å².